The minimum atomic E-state index is -0.793. The first kappa shape index (κ1) is 15.2. The van der Waals surface area contributed by atoms with Gasteiger partial charge in [0.1, 0.15) is 22.8 Å². The lowest BCUT2D eigenvalue weighted by Gasteiger charge is -2.15. The third-order valence-corrected chi connectivity index (χ3v) is 5.50. The van der Waals surface area contributed by atoms with Crippen LogP contribution in [0.4, 0.5) is 4.79 Å². The summed E-state index contributed by atoms with van der Waals surface area (Å²) in [4.78, 5) is 12.1. The van der Waals surface area contributed by atoms with Gasteiger partial charge in [0.05, 0.1) is 12.1 Å². The predicted molar refractivity (Wildman–Crippen MR) is 87.3 cm³/mol. The quantitative estimate of drug-likeness (QED) is 0.853. The standard InChI is InChI=1S/C16H20N2O3S/c1-10-13-5-3-4-6-14(13)21-15(10)11(2)17-16(19)18-12-7-8-22(20)9-12/h3-6,11-12H,7-9H2,1-2H3,(H2,17,18,19)/t11-,12?,22?/m0/s1. The highest BCUT2D eigenvalue weighted by molar-refractivity contribution is 7.91. The van der Waals surface area contributed by atoms with Crippen molar-refractivity contribution in [1.29, 1.82) is 0 Å². The molecule has 22 heavy (non-hydrogen) atoms. The Kier molecular flexibility index (Phi) is 4.31. The van der Waals surface area contributed by atoms with Gasteiger partial charge in [0.25, 0.3) is 0 Å². The molecule has 2 aromatic rings. The molecule has 1 saturated heterocycles. The SMILES string of the molecule is Cc1c([C@H](C)NC(=O)NC2CC[S+]([O-])C2)oc2ccccc12. The maximum atomic E-state index is 12.1. The number of amides is 2. The summed E-state index contributed by atoms with van der Waals surface area (Å²) in [5, 5.41) is 6.84. The van der Waals surface area contributed by atoms with Crippen molar-refractivity contribution in [3.05, 3.63) is 35.6 Å². The molecule has 0 spiro atoms. The van der Waals surface area contributed by atoms with Crippen molar-refractivity contribution >= 4 is 28.2 Å². The number of para-hydroxylation sites is 1. The van der Waals surface area contributed by atoms with E-state index in [0.717, 1.165) is 28.7 Å². The van der Waals surface area contributed by atoms with E-state index in [1.807, 2.05) is 38.1 Å². The van der Waals surface area contributed by atoms with Crippen LogP contribution in [0.15, 0.2) is 28.7 Å². The minimum Gasteiger partial charge on any atom is -0.616 e. The van der Waals surface area contributed by atoms with Crippen LogP contribution in [0.3, 0.4) is 0 Å². The number of urea groups is 1. The van der Waals surface area contributed by atoms with E-state index in [0.29, 0.717) is 11.5 Å². The second-order valence-electron chi connectivity index (χ2n) is 5.72. The molecule has 0 aliphatic carbocycles. The van der Waals surface area contributed by atoms with Gasteiger partial charge in [-0.1, -0.05) is 29.4 Å². The first-order valence-electron chi connectivity index (χ1n) is 7.44. The lowest BCUT2D eigenvalue weighted by Crippen LogP contribution is -2.43. The molecule has 1 aliphatic rings. The molecule has 1 fully saturated rings. The Labute approximate surface area is 132 Å². The largest absolute Gasteiger partial charge is 0.616 e. The first-order valence-corrected chi connectivity index (χ1v) is 8.93. The molecule has 118 valence electrons. The number of carbonyl (C=O) groups excluding carboxylic acids is 1. The summed E-state index contributed by atoms with van der Waals surface area (Å²) in [7, 11) is 0. The van der Waals surface area contributed by atoms with Crippen LogP contribution in [-0.2, 0) is 11.2 Å². The van der Waals surface area contributed by atoms with Crippen LogP contribution in [0.1, 0.15) is 30.7 Å². The van der Waals surface area contributed by atoms with Crippen LogP contribution in [0, 0.1) is 6.92 Å². The van der Waals surface area contributed by atoms with E-state index in [1.165, 1.54) is 0 Å². The Morgan fingerprint density at radius 2 is 2.23 bits per heavy atom. The van der Waals surface area contributed by atoms with Gasteiger partial charge in [0.15, 0.2) is 0 Å². The van der Waals surface area contributed by atoms with Crippen molar-refractivity contribution in [1.82, 2.24) is 10.6 Å². The summed E-state index contributed by atoms with van der Waals surface area (Å²) in [6.07, 6.45) is 0.776. The lowest BCUT2D eigenvalue weighted by molar-refractivity contribution is 0.233. The molecular weight excluding hydrogens is 300 g/mol. The molecule has 1 aromatic carbocycles. The normalized spacial score (nSPS) is 22.7. The molecule has 1 aromatic heterocycles. The van der Waals surface area contributed by atoms with E-state index in [9.17, 15) is 9.35 Å². The molecular formula is C16H20N2O3S. The van der Waals surface area contributed by atoms with Crippen LogP contribution in [0.5, 0.6) is 0 Å². The summed E-state index contributed by atoms with van der Waals surface area (Å²) in [5.74, 6) is 1.99. The Morgan fingerprint density at radius 1 is 1.45 bits per heavy atom. The summed E-state index contributed by atoms with van der Waals surface area (Å²) in [5.41, 5.74) is 1.88. The number of carbonyl (C=O) groups is 1. The van der Waals surface area contributed by atoms with E-state index in [4.69, 9.17) is 4.42 Å². The number of furan rings is 1. The Bertz CT molecular complexity index is 685. The van der Waals surface area contributed by atoms with Gasteiger partial charge in [0, 0.05) is 17.4 Å². The second kappa shape index (κ2) is 6.22. The smallest absolute Gasteiger partial charge is 0.315 e. The highest BCUT2D eigenvalue weighted by Crippen LogP contribution is 2.29. The molecule has 2 amide bonds. The maximum absolute atomic E-state index is 12.1. The zero-order chi connectivity index (χ0) is 15.7. The molecule has 2 N–H and O–H groups in total. The average Bonchev–Trinajstić information content (AvgIpc) is 3.03. The van der Waals surface area contributed by atoms with E-state index in [2.05, 4.69) is 10.6 Å². The summed E-state index contributed by atoms with van der Waals surface area (Å²) >= 11 is -0.793. The Balaban J connectivity index is 1.66. The summed E-state index contributed by atoms with van der Waals surface area (Å²) < 4.78 is 17.2. The Hall–Kier alpha value is -1.66. The van der Waals surface area contributed by atoms with Crippen molar-refractivity contribution in [3.8, 4) is 0 Å². The number of fused-ring (bicyclic) bond motifs is 1. The van der Waals surface area contributed by atoms with Gasteiger partial charge in [-0.3, -0.25) is 0 Å². The van der Waals surface area contributed by atoms with Crippen LogP contribution in [-0.4, -0.2) is 28.1 Å². The van der Waals surface area contributed by atoms with Gasteiger partial charge >= 0.3 is 6.03 Å². The van der Waals surface area contributed by atoms with Crippen LogP contribution < -0.4 is 10.6 Å². The Morgan fingerprint density at radius 3 is 2.91 bits per heavy atom. The summed E-state index contributed by atoms with van der Waals surface area (Å²) in [6, 6.07) is 7.38. The molecule has 0 saturated carbocycles. The fraction of sp³-hybridized carbons (Fsp3) is 0.438. The minimum absolute atomic E-state index is 0.00445. The highest BCUT2D eigenvalue weighted by atomic mass is 32.2. The monoisotopic (exact) mass is 320 g/mol. The third-order valence-electron chi connectivity index (χ3n) is 4.04. The maximum Gasteiger partial charge on any atom is 0.315 e. The van der Waals surface area contributed by atoms with Crippen molar-refractivity contribution in [2.24, 2.45) is 0 Å². The number of hydrogen-bond acceptors (Lipinski definition) is 3. The number of benzene rings is 1. The molecule has 6 heteroatoms. The van der Waals surface area contributed by atoms with Gasteiger partial charge < -0.3 is 19.6 Å². The van der Waals surface area contributed by atoms with Crippen molar-refractivity contribution in [3.63, 3.8) is 0 Å². The van der Waals surface area contributed by atoms with E-state index < -0.39 is 11.2 Å². The molecule has 3 rings (SSSR count). The van der Waals surface area contributed by atoms with Gasteiger partial charge in [0.2, 0.25) is 0 Å². The molecule has 5 nitrogen and oxygen atoms in total. The van der Waals surface area contributed by atoms with Crippen LogP contribution in [0.2, 0.25) is 0 Å². The zero-order valence-corrected chi connectivity index (χ0v) is 13.5. The topological polar surface area (TPSA) is 77.3 Å². The van der Waals surface area contributed by atoms with Crippen LogP contribution in [0.25, 0.3) is 11.0 Å². The van der Waals surface area contributed by atoms with Gasteiger partial charge in [-0.15, -0.1) is 0 Å². The molecule has 0 bridgehead atoms. The molecule has 3 atom stereocenters. The molecule has 0 radical (unpaired) electrons. The molecule has 2 unspecified atom stereocenters. The van der Waals surface area contributed by atoms with E-state index >= 15 is 0 Å². The number of nitrogens with one attached hydrogen (secondary N) is 2. The molecule has 1 aliphatic heterocycles. The van der Waals surface area contributed by atoms with Crippen molar-refractivity contribution in [2.45, 2.75) is 32.4 Å². The van der Waals surface area contributed by atoms with Gasteiger partial charge in [-0.05, 0) is 19.9 Å². The first-order chi connectivity index (χ1) is 10.5. The van der Waals surface area contributed by atoms with Crippen molar-refractivity contribution < 1.29 is 13.8 Å². The second-order valence-corrected chi connectivity index (χ2v) is 7.34. The average molecular weight is 320 g/mol. The zero-order valence-electron chi connectivity index (χ0n) is 12.7. The molecule has 2 heterocycles. The number of rotatable bonds is 3. The van der Waals surface area contributed by atoms with Crippen molar-refractivity contribution in [2.75, 3.05) is 11.5 Å². The lowest BCUT2D eigenvalue weighted by atomic mass is 10.1. The summed E-state index contributed by atoms with van der Waals surface area (Å²) in [6.45, 7) is 3.90. The fourth-order valence-electron chi connectivity index (χ4n) is 2.87. The highest BCUT2D eigenvalue weighted by Gasteiger charge is 2.28. The fourth-order valence-corrected chi connectivity index (χ4v) is 4.29. The predicted octanol–water partition coefficient (Wildman–Crippen LogP) is 2.62. The number of hydrogen-bond donors (Lipinski definition) is 2. The van der Waals surface area contributed by atoms with Gasteiger partial charge in [-0.25, -0.2) is 4.79 Å². The van der Waals surface area contributed by atoms with E-state index in [1.54, 1.807) is 0 Å². The number of aryl methyl sites for hydroxylation is 1. The van der Waals surface area contributed by atoms with E-state index in [-0.39, 0.29) is 18.1 Å². The van der Waals surface area contributed by atoms with Crippen LogP contribution >= 0.6 is 0 Å². The third kappa shape index (κ3) is 3.08. The van der Waals surface area contributed by atoms with Gasteiger partial charge in [-0.2, -0.15) is 0 Å².